The lowest BCUT2D eigenvalue weighted by molar-refractivity contribution is -0.0380. The Balaban J connectivity index is 1.55. The zero-order valence-electron chi connectivity index (χ0n) is 11.5. The first kappa shape index (κ1) is 12.9. The number of hydrogen-bond acceptors (Lipinski definition) is 3. The van der Waals surface area contributed by atoms with Gasteiger partial charge in [0.2, 0.25) is 0 Å². The van der Waals surface area contributed by atoms with Crippen LogP contribution in [0.3, 0.4) is 0 Å². The highest BCUT2D eigenvalue weighted by Crippen LogP contribution is 2.38. The van der Waals surface area contributed by atoms with Gasteiger partial charge in [-0.15, -0.1) is 0 Å². The van der Waals surface area contributed by atoms with Crippen LogP contribution in [-0.2, 0) is 11.2 Å². The van der Waals surface area contributed by atoms with Crippen LogP contribution in [0.25, 0.3) is 0 Å². The first-order valence-corrected chi connectivity index (χ1v) is 7.31. The third-order valence-corrected chi connectivity index (χ3v) is 4.25. The van der Waals surface area contributed by atoms with Gasteiger partial charge in [-0.3, -0.25) is 0 Å². The largest absolute Gasteiger partial charge is 0.493 e. The number of ether oxygens (including phenoxy) is 2. The van der Waals surface area contributed by atoms with Crippen LogP contribution in [0.5, 0.6) is 5.75 Å². The van der Waals surface area contributed by atoms with Gasteiger partial charge in [0.25, 0.3) is 0 Å². The summed E-state index contributed by atoms with van der Waals surface area (Å²) in [6.45, 7) is 3.60. The molecule has 3 nitrogen and oxygen atoms in total. The molecule has 2 aliphatic rings. The summed E-state index contributed by atoms with van der Waals surface area (Å²) in [6, 6.07) is 6.09. The van der Waals surface area contributed by atoms with Gasteiger partial charge in [-0.05, 0) is 55.4 Å². The van der Waals surface area contributed by atoms with Crippen LogP contribution in [0.1, 0.15) is 43.4 Å². The zero-order chi connectivity index (χ0) is 13.2. The molecule has 1 aromatic rings. The summed E-state index contributed by atoms with van der Waals surface area (Å²) < 4.78 is 11.0. The lowest BCUT2D eigenvalue weighted by atomic mass is 9.78. The lowest BCUT2D eigenvalue weighted by Gasteiger charge is -2.36. The molecule has 1 heterocycles. The van der Waals surface area contributed by atoms with Gasteiger partial charge in [-0.2, -0.15) is 0 Å². The predicted octanol–water partition coefficient (Wildman–Crippen LogP) is 2.86. The van der Waals surface area contributed by atoms with E-state index in [2.05, 4.69) is 6.07 Å². The summed E-state index contributed by atoms with van der Waals surface area (Å²) in [4.78, 5) is 0. The van der Waals surface area contributed by atoms with E-state index in [-0.39, 0.29) is 6.10 Å². The minimum Gasteiger partial charge on any atom is -0.493 e. The Morgan fingerprint density at radius 2 is 2.26 bits per heavy atom. The van der Waals surface area contributed by atoms with E-state index < -0.39 is 0 Å². The SMILES string of the molecule is CCOC1CC(CC(O)c2ccc3c(c2)CCO3)C1. The molecule has 1 atom stereocenters. The van der Waals surface area contributed by atoms with Crippen molar-refractivity contribution in [2.24, 2.45) is 5.92 Å². The molecule has 3 heteroatoms. The first-order valence-electron chi connectivity index (χ1n) is 7.31. The molecule has 104 valence electrons. The highest BCUT2D eigenvalue weighted by molar-refractivity contribution is 5.40. The summed E-state index contributed by atoms with van der Waals surface area (Å²) in [7, 11) is 0. The van der Waals surface area contributed by atoms with Gasteiger partial charge in [0.15, 0.2) is 0 Å². The minimum absolute atomic E-state index is 0.349. The number of hydrogen-bond donors (Lipinski definition) is 1. The van der Waals surface area contributed by atoms with Crippen molar-refractivity contribution in [2.75, 3.05) is 13.2 Å². The van der Waals surface area contributed by atoms with Crippen molar-refractivity contribution in [2.45, 2.75) is 44.8 Å². The molecule has 0 bridgehead atoms. The number of fused-ring (bicyclic) bond motifs is 1. The fourth-order valence-electron chi connectivity index (χ4n) is 3.10. The van der Waals surface area contributed by atoms with Crippen LogP contribution in [0.4, 0.5) is 0 Å². The van der Waals surface area contributed by atoms with Crippen molar-refractivity contribution in [1.82, 2.24) is 0 Å². The minimum atomic E-state index is -0.349. The van der Waals surface area contributed by atoms with Crippen LogP contribution in [0.2, 0.25) is 0 Å². The van der Waals surface area contributed by atoms with Crippen LogP contribution >= 0.6 is 0 Å². The Labute approximate surface area is 114 Å². The van der Waals surface area contributed by atoms with E-state index in [0.29, 0.717) is 12.0 Å². The maximum absolute atomic E-state index is 10.3. The third-order valence-electron chi connectivity index (χ3n) is 4.25. The van der Waals surface area contributed by atoms with Crippen LogP contribution < -0.4 is 4.74 Å². The molecule has 19 heavy (non-hydrogen) atoms. The molecular weight excluding hydrogens is 240 g/mol. The Morgan fingerprint density at radius 3 is 3.05 bits per heavy atom. The van der Waals surface area contributed by atoms with Gasteiger partial charge in [-0.25, -0.2) is 0 Å². The van der Waals surface area contributed by atoms with Crippen molar-refractivity contribution in [3.63, 3.8) is 0 Å². The number of rotatable bonds is 5. The quantitative estimate of drug-likeness (QED) is 0.886. The smallest absolute Gasteiger partial charge is 0.122 e. The second-order valence-electron chi connectivity index (χ2n) is 5.63. The van der Waals surface area contributed by atoms with E-state index in [1.165, 1.54) is 5.56 Å². The van der Waals surface area contributed by atoms with Gasteiger partial charge in [-0.1, -0.05) is 6.07 Å². The summed E-state index contributed by atoms with van der Waals surface area (Å²) in [5, 5.41) is 10.3. The molecule has 1 aliphatic heterocycles. The maximum Gasteiger partial charge on any atom is 0.122 e. The van der Waals surface area contributed by atoms with Gasteiger partial charge < -0.3 is 14.6 Å². The molecule has 1 aromatic carbocycles. The number of aliphatic hydroxyl groups excluding tert-OH is 1. The van der Waals surface area contributed by atoms with Gasteiger partial charge >= 0.3 is 0 Å². The topological polar surface area (TPSA) is 38.7 Å². The Kier molecular flexibility index (Phi) is 3.76. The van der Waals surface area contributed by atoms with Gasteiger partial charge in [0, 0.05) is 13.0 Å². The number of aliphatic hydroxyl groups is 1. The van der Waals surface area contributed by atoms with Gasteiger partial charge in [0.05, 0.1) is 18.8 Å². The molecule has 0 saturated heterocycles. The molecular formula is C16H22O3. The highest BCUT2D eigenvalue weighted by atomic mass is 16.5. The van der Waals surface area contributed by atoms with Crippen molar-refractivity contribution >= 4 is 0 Å². The fourth-order valence-corrected chi connectivity index (χ4v) is 3.10. The standard InChI is InChI=1S/C16H22O3/c1-2-18-14-7-11(8-14)9-15(17)12-3-4-16-13(10-12)5-6-19-16/h3-4,10-11,14-15,17H,2,5-9H2,1H3. The molecule has 1 unspecified atom stereocenters. The van der Waals surface area contributed by atoms with E-state index >= 15 is 0 Å². The second-order valence-corrected chi connectivity index (χ2v) is 5.63. The molecule has 3 rings (SSSR count). The fraction of sp³-hybridized carbons (Fsp3) is 0.625. The molecule has 0 radical (unpaired) electrons. The van der Waals surface area contributed by atoms with E-state index in [4.69, 9.17) is 9.47 Å². The summed E-state index contributed by atoms with van der Waals surface area (Å²) in [5.74, 6) is 1.59. The van der Waals surface area contributed by atoms with Crippen LogP contribution in [-0.4, -0.2) is 24.4 Å². The van der Waals surface area contributed by atoms with E-state index in [0.717, 1.165) is 50.2 Å². The maximum atomic E-state index is 10.3. The zero-order valence-corrected chi connectivity index (χ0v) is 11.5. The van der Waals surface area contributed by atoms with E-state index in [9.17, 15) is 5.11 Å². The molecule has 1 N–H and O–H groups in total. The van der Waals surface area contributed by atoms with Crippen molar-refractivity contribution in [3.8, 4) is 5.75 Å². The summed E-state index contributed by atoms with van der Waals surface area (Å²) >= 11 is 0. The number of benzene rings is 1. The lowest BCUT2D eigenvalue weighted by Crippen LogP contribution is -2.32. The average Bonchev–Trinajstić information content (AvgIpc) is 2.83. The molecule has 1 fully saturated rings. The van der Waals surface area contributed by atoms with Crippen molar-refractivity contribution in [1.29, 1.82) is 0 Å². The predicted molar refractivity (Wildman–Crippen MR) is 73.4 cm³/mol. The normalized spacial score (nSPS) is 26.4. The molecule has 0 spiro atoms. The summed E-state index contributed by atoms with van der Waals surface area (Å²) in [6.07, 6.45) is 4.08. The van der Waals surface area contributed by atoms with Crippen LogP contribution in [0.15, 0.2) is 18.2 Å². The Bertz CT molecular complexity index is 438. The van der Waals surface area contributed by atoms with Crippen LogP contribution in [0, 0.1) is 5.92 Å². The highest BCUT2D eigenvalue weighted by Gasteiger charge is 2.31. The third kappa shape index (κ3) is 2.77. The van der Waals surface area contributed by atoms with Gasteiger partial charge in [0.1, 0.15) is 5.75 Å². The Morgan fingerprint density at radius 1 is 1.42 bits per heavy atom. The molecule has 1 saturated carbocycles. The molecule has 0 aromatic heterocycles. The van der Waals surface area contributed by atoms with E-state index in [1.807, 2.05) is 19.1 Å². The monoisotopic (exact) mass is 262 g/mol. The molecule has 0 amide bonds. The van der Waals surface area contributed by atoms with Crippen molar-refractivity contribution < 1.29 is 14.6 Å². The second kappa shape index (κ2) is 5.51. The molecule has 1 aliphatic carbocycles. The average molecular weight is 262 g/mol. The van der Waals surface area contributed by atoms with Crippen molar-refractivity contribution in [3.05, 3.63) is 29.3 Å². The Hall–Kier alpha value is -1.06. The van der Waals surface area contributed by atoms with E-state index in [1.54, 1.807) is 0 Å². The summed E-state index contributed by atoms with van der Waals surface area (Å²) in [5.41, 5.74) is 2.27. The first-order chi connectivity index (χ1) is 9.26.